The van der Waals surface area contributed by atoms with Gasteiger partial charge in [0.05, 0.1) is 0 Å². The first-order chi connectivity index (χ1) is 6.59. The van der Waals surface area contributed by atoms with E-state index in [1.807, 2.05) is 0 Å². The topological polar surface area (TPSA) is 17.1 Å². The molecule has 0 aliphatic heterocycles. The zero-order valence-corrected chi connectivity index (χ0v) is 9.00. The van der Waals surface area contributed by atoms with Gasteiger partial charge in [0.15, 0.2) is 0 Å². The number of carbonyl (C=O) groups is 1. The van der Waals surface area contributed by atoms with Crippen LogP contribution in [0.2, 0.25) is 0 Å². The van der Waals surface area contributed by atoms with Gasteiger partial charge in [0.1, 0.15) is 5.78 Å². The molecule has 0 bridgehead atoms. The molecule has 0 saturated heterocycles. The number of carbonyl (C=O) groups excluding carboxylic acids is 1. The predicted molar refractivity (Wildman–Crippen MR) is 57.4 cm³/mol. The van der Waals surface area contributed by atoms with Crippen LogP contribution >= 0.6 is 0 Å². The van der Waals surface area contributed by atoms with Gasteiger partial charge in [-0.1, -0.05) is 18.2 Å². The van der Waals surface area contributed by atoms with Crippen LogP contribution in [0.5, 0.6) is 0 Å². The van der Waals surface area contributed by atoms with Crippen molar-refractivity contribution in [1.29, 1.82) is 0 Å². The average Bonchev–Trinajstić information content (AvgIpc) is 2.89. The Labute approximate surface area is 85.1 Å². The van der Waals surface area contributed by atoms with Gasteiger partial charge < -0.3 is 0 Å². The van der Waals surface area contributed by atoms with E-state index in [1.54, 1.807) is 6.92 Å². The lowest BCUT2D eigenvalue weighted by Crippen LogP contribution is -1.95. The molecule has 0 amide bonds. The van der Waals surface area contributed by atoms with E-state index in [-0.39, 0.29) is 0 Å². The van der Waals surface area contributed by atoms with Crippen molar-refractivity contribution in [2.45, 2.75) is 33.1 Å². The highest BCUT2D eigenvalue weighted by atomic mass is 16.1. The Balaban J connectivity index is 2.20. The molecule has 1 fully saturated rings. The smallest absolute Gasteiger partial charge is 0.133 e. The molecular weight excluding hydrogens is 172 g/mol. The lowest BCUT2D eigenvalue weighted by Gasteiger charge is -2.03. The molecule has 0 radical (unpaired) electrons. The quantitative estimate of drug-likeness (QED) is 0.697. The summed E-state index contributed by atoms with van der Waals surface area (Å²) in [5.41, 5.74) is 4.00. The lowest BCUT2D eigenvalue weighted by molar-refractivity contribution is -0.118. The molecule has 1 aliphatic carbocycles. The van der Waals surface area contributed by atoms with E-state index in [0.29, 0.717) is 17.6 Å². The van der Waals surface area contributed by atoms with Crippen molar-refractivity contribution in [1.82, 2.24) is 0 Å². The summed E-state index contributed by atoms with van der Waals surface area (Å²) < 4.78 is 0. The molecule has 74 valence electrons. The molecule has 0 N–H and O–H groups in total. The van der Waals surface area contributed by atoms with Gasteiger partial charge in [0.2, 0.25) is 0 Å². The van der Waals surface area contributed by atoms with Crippen molar-refractivity contribution in [2.24, 2.45) is 5.92 Å². The standard InChI is InChI=1S/C13H16O/c1-8-4-5-11(6-9(8)2)13-7-12(13)10(3)14/h4-6,12-13H,7H2,1-3H3. The number of hydrogen-bond acceptors (Lipinski definition) is 1. The molecule has 1 saturated carbocycles. The Bertz CT molecular complexity index is 379. The first-order valence-corrected chi connectivity index (χ1v) is 5.17. The maximum absolute atomic E-state index is 11.1. The minimum absolute atomic E-state index is 0.303. The Morgan fingerprint density at radius 1 is 1.29 bits per heavy atom. The normalized spacial score (nSPS) is 24.8. The summed E-state index contributed by atoms with van der Waals surface area (Å²) in [7, 11) is 0. The SMILES string of the molecule is CC(=O)C1CC1c1ccc(C)c(C)c1. The fourth-order valence-corrected chi connectivity index (χ4v) is 2.01. The molecule has 0 aromatic heterocycles. The van der Waals surface area contributed by atoms with E-state index in [0.717, 1.165) is 6.42 Å². The molecule has 1 aromatic carbocycles. The molecule has 0 spiro atoms. The first kappa shape index (κ1) is 9.45. The van der Waals surface area contributed by atoms with Crippen LogP contribution < -0.4 is 0 Å². The van der Waals surface area contributed by atoms with Crippen LogP contribution in [-0.2, 0) is 4.79 Å². The monoisotopic (exact) mass is 188 g/mol. The van der Waals surface area contributed by atoms with Crippen LogP contribution in [0.25, 0.3) is 0 Å². The molecule has 1 aromatic rings. The van der Waals surface area contributed by atoms with Crippen LogP contribution in [0, 0.1) is 19.8 Å². The van der Waals surface area contributed by atoms with Gasteiger partial charge in [-0.2, -0.15) is 0 Å². The summed E-state index contributed by atoms with van der Waals surface area (Å²) in [5.74, 6) is 1.15. The summed E-state index contributed by atoms with van der Waals surface area (Å²) in [6.07, 6.45) is 1.05. The highest BCUT2D eigenvalue weighted by Crippen LogP contribution is 2.48. The van der Waals surface area contributed by atoms with Gasteiger partial charge in [-0.3, -0.25) is 4.79 Å². The van der Waals surface area contributed by atoms with Gasteiger partial charge in [0.25, 0.3) is 0 Å². The van der Waals surface area contributed by atoms with Crippen LogP contribution in [0.1, 0.15) is 36.0 Å². The predicted octanol–water partition coefficient (Wildman–Crippen LogP) is 3.00. The fourth-order valence-electron chi connectivity index (χ4n) is 2.01. The van der Waals surface area contributed by atoms with Crippen LogP contribution in [0.3, 0.4) is 0 Å². The number of rotatable bonds is 2. The number of benzene rings is 1. The zero-order chi connectivity index (χ0) is 10.3. The molecule has 14 heavy (non-hydrogen) atoms. The number of ketones is 1. The van der Waals surface area contributed by atoms with Crippen LogP contribution in [-0.4, -0.2) is 5.78 Å². The highest BCUT2D eigenvalue weighted by Gasteiger charge is 2.41. The van der Waals surface area contributed by atoms with Gasteiger partial charge in [0, 0.05) is 5.92 Å². The minimum atomic E-state index is 0.303. The Hall–Kier alpha value is -1.11. The molecule has 2 rings (SSSR count). The highest BCUT2D eigenvalue weighted by molar-refractivity contribution is 5.82. The van der Waals surface area contributed by atoms with Crippen molar-refractivity contribution in [3.05, 3.63) is 34.9 Å². The third kappa shape index (κ3) is 1.59. The van der Waals surface area contributed by atoms with Crippen LogP contribution in [0.4, 0.5) is 0 Å². The fraction of sp³-hybridized carbons (Fsp3) is 0.462. The number of hydrogen-bond donors (Lipinski definition) is 0. The van der Waals surface area contributed by atoms with E-state index < -0.39 is 0 Å². The second-order valence-corrected chi connectivity index (χ2v) is 4.40. The molecule has 0 heterocycles. The zero-order valence-electron chi connectivity index (χ0n) is 9.00. The van der Waals surface area contributed by atoms with E-state index in [9.17, 15) is 4.79 Å². The minimum Gasteiger partial charge on any atom is -0.300 e. The summed E-state index contributed by atoms with van der Waals surface area (Å²) >= 11 is 0. The maximum Gasteiger partial charge on any atom is 0.133 e. The van der Waals surface area contributed by atoms with Gasteiger partial charge in [-0.25, -0.2) is 0 Å². The third-order valence-electron chi connectivity index (χ3n) is 3.27. The van der Waals surface area contributed by atoms with E-state index in [1.165, 1.54) is 16.7 Å². The number of aryl methyl sites for hydroxylation is 2. The van der Waals surface area contributed by atoms with Crippen molar-refractivity contribution >= 4 is 5.78 Å². The van der Waals surface area contributed by atoms with Crippen molar-refractivity contribution in [3.63, 3.8) is 0 Å². The first-order valence-electron chi connectivity index (χ1n) is 5.17. The van der Waals surface area contributed by atoms with Crippen molar-refractivity contribution in [2.75, 3.05) is 0 Å². The third-order valence-corrected chi connectivity index (χ3v) is 3.27. The maximum atomic E-state index is 11.1. The van der Waals surface area contributed by atoms with Crippen LogP contribution in [0.15, 0.2) is 18.2 Å². The van der Waals surface area contributed by atoms with E-state index >= 15 is 0 Å². The second-order valence-electron chi connectivity index (χ2n) is 4.40. The summed E-state index contributed by atoms with van der Waals surface area (Å²) in [4.78, 5) is 11.1. The lowest BCUT2D eigenvalue weighted by atomic mass is 10.0. The molecule has 1 nitrogen and oxygen atoms in total. The van der Waals surface area contributed by atoms with Gasteiger partial charge in [-0.05, 0) is 49.8 Å². The summed E-state index contributed by atoms with van der Waals surface area (Å²) in [6.45, 7) is 5.95. The van der Waals surface area contributed by atoms with Gasteiger partial charge in [-0.15, -0.1) is 0 Å². The Morgan fingerprint density at radius 3 is 2.50 bits per heavy atom. The number of Topliss-reactive ketones (excluding diaryl/α,β-unsaturated/α-hetero) is 1. The van der Waals surface area contributed by atoms with Crippen molar-refractivity contribution < 1.29 is 4.79 Å². The van der Waals surface area contributed by atoms with Gasteiger partial charge >= 0.3 is 0 Å². The summed E-state index contributed by atoms with van der Waals surface area (Å²) in [5, 5.41) is 0. The Kier molecular flexibility index (Phi) is 2.18. The average molecular weight is 188 g/mol. The molecule has 2 atom stereocenters. The van der Waals surface area contributed by atoms with E-state index in [4.69, 9.17) is 0 Å². The molecule has 1 aliphatic rings. The molecule has 2 unspecified atom stereocenters. The second kappa shape index (κ2) is 3.23. The summed E-state index contributed by atoms with van der Waals surface area (Å²) in [6, 6.07) is 6.54. The van der Waals surface area contributed by atoms with Crippen molar-refractivity contribution in [3.8, 4) is 0 Å². The Morgan fingerprint density at radius 2 is 2.00 bits per heavy atom. The molecule has 1 heteroatoms. The molecular formula is C13H16O. The largest absolute Gasteiger partial charge is 0.300 e. The van der Waals surface area contributed by atoms with E-state index in [2.05, 4.69) is 32.0 Å².